The van der Waals surface area contributed by atoms with Crippen LogP contribution in [0.15, 0.2) is 21.7 Å². The monoisotopic (exact) mass is 277 g/mol. The molecule has 1 heterocycles. The van der Waals surface area contributed by atoms with Crippen LogP contribution in [0.25, 0.3) is 0 Å². The third kappa shape index (κ3) is 3.52. The first-order valence-electron chi connectivity index (χ1n) is 5.12. The van der Waals surface area contributed by atoms with Crippen LogP contribution in [-0.4, -0.2) is 38.9 Å². The third-order valence-electron chi connectivity index (χ3n) is 2.10. The Morgan fingerprint density at radius 2 is 2.24 bits per heavy atom. The summed E-state index contributed by atoms with van der Waals surface area (Å²) in [5.41, 5.74) is 0. The summed E-state index contributed by atoms with van der Waals surface area (Å²) in [7, 11) is -2.33. The molecule has 0 aliphatic rings. The Morgan fingerprint density at radius 1 is 1.53 bits per heavy atom. The molecule has 0 radical (unpaired) electrons. The lowest BCUT2D eigenvalue weighted by Gasteiger charge is -2.19. The summed E-state index contributed by atoms with van der Waals surface area (Å²) in [4.78, 5) is 11.2. The van der Waals surface area contributed by atoms with Gasteiger partial charge in [0.1, 0.15) is 10.8 Å². The maximum absolute atomic E-state index is 12.2. The SMILES string of the molecule is CCCN(CC(=O)OC)S(=O)(=O)c1cccs1. The van der Waals surface area contributed by atoms with Crippen LogP contribution in [0.3, 0.4) is 0 Å². The standard InChI is InChI=1S/C10H15NO4S2/c1-3-6-11(8-9(12)15-2)17(13,14)10-5-4-7-16-10/h4-5,7H,3,6,8H2,1-2H3. The van der Waals surface area contributed by atoms with Crippen LogP contribution in [0, 0.1) is 0 Å². The molecule has 17 heavy (non-hydrogen) atoms. The number of thiophene rings is 1. The Labute approximate surface area is 105 Å². The zero-order chi connectivity index (χ0) is 12.9. The van der Waals surface area contributed by atoms with Gasteiger partial charge in [-0.1, -0.05) is 13.0 Å². The van der Waals surface area contributed by atoms with Gasteiger partial charge in [-0.25, -0.2) is 8.42 Å². The van der Waals surface area contributed by atoms with Crippen molar-refractivity contribution >= 4 is 27.3 Å². The van der Waals surface area contributed by atoms with Gasteiger partial charge in [0.25, 0.3) is 10.0 Å². The smallest absolute Gasteiger partial charge is 0.321 e. The zero-order valence-electron chi connectivity index (χ0n) is 9.75. The lowest BCUT2D eigenvalue weighted by Crippen LogP contribution is -2.36. The molecule has 0 bridgehead atoms. The molecule has 0 aromatic carbocycles. The molecule has 96 valence electrons. The van der Waals surface area contributed by atoms with Crippen LogP contribution >= 0.6 is 11.3 Å². The molecule has 0 fully saturated rings. The third-order valence-corrected chi connectivity index (χ3v) is 5.31. The molecular weight excluding hydrogens is 262 g/mol. The average Bonchev–Trinajstić information content (AvgIpc) is 2.82. The summed E-state index contributed by atoms with van der Waals surface area (Å²) in [5.74, 6) is -0.557. The van der Waals surface area contributed by atoms with E-state index in [9.17, 15) is 13.2 Å². The van der Waals surface area contributed by atoms with Crippen molar-refractivity contribution in [3.05, 3.63) is 17.5 Å². The molecule has 0 aliphatic heterocycles. The predicted octanol–water partition coefficient (Wildman–Crippen LogP) is 1.32. The second-order valence-electron chi connectivity index (χ2n) is 3.35. The van der Waals surface area contributed by atoms with E-state index in [-0.39, 0.29) is 10.8 Å². The van der Waals surface area contributed by atoms with Gasteiger partial charge in [0.05, 0.1) is 7.11 Å². The summed E-state index contributed by atoms with van der Waals surface area (Å²) in [5, 5.41) is 1.69. The van der Waals surface area contributed by atoms with Crippen LogP contribution in [0.2, 0.25) is 0 Å². The van der Waals surface area contributed by atoms with E-state index in [1.807, 2.05) is 6.92 Å². The average molecular weight is 277 g/mol. The number of ether oxygens (including phenoxy) is 1. The number of carbonyl (C=O) groups is 1. The first-order valence-corrected chi connectivity index (χ1v) is 7.44. The maximum atomic E-state index is 12.2. The molecule has 5 nitrogen and oxygen atoms in total. The molecule has 0 atom stereocenters. The largest absolute Gasteiger partial charge is 0.468 e. The van der Waals surface area contributed by atoms with E-state index in [0.29, 0.717) is 13.0 Å². The fraction of sp³-hybridized carbons (Fsp3) is 0.500. The molecule has 7 heteroatoms. The van der Waals surface area contributed by atoms with E-state index in [1.54, 1.807) is 11.4 Å². The fourth-order valence-electron chi connectivity index (χ4n) is 1.28. The Balaban J connectivity index is 2.94. The second-order valence-corrected chi connectivity index (χ2v) is 6.46. The van der Waals surface area contributed by atoms with Gasteiger partial charge in [0.2, 0.25) is 0 Å². The Bertz CT molecular complexity index is 453. The highest BCUT2D eigenvalue weighted by Gasteiger charge is 2.26. The minimum atomic E-state index is -3.57. The molecular formula is C10H15NO4S2. The van der Waals surface area contributed by atoms with Crippen molar-refractivity contribution in [2.75, 3.05) is 20.2 Å². The molecule has 1 rings (SSSR count). The van der Waals surface area contributed by atoms with Crippen LogP contribution in [-0.2, 0) is 19.6 Å². The van der Waals surface area contributed by atoms with Gasteiger partial charge < -0.3 is 4.74 Å². The van der Waals surface area contributed by atoms with Crippen molar-refractivity contribution in [3.63, 3.8) is 0 Å². The van der Waals surface area contributed by atoms with Gasteiger partial charge in [0.15, 0.2) is 0 Å². The maximum Gasteiger partial charge on any atom is 0.321 e. The van der Waals surface area contributed by atoms with E-state index in [1.165, 1.54) is 13.2 Å². The summed E-state index contributed by atoms with van der Waals surface area (Å²) < 4.78 is 30.2. The summed E-state index contributed by atoms with van der Waals surface area (Å²) in [6, 6.07) is 3.19. The van der Waals surface area contributed by atoms with Crippen molar-refractivity contribution < 1.29 is 17.9 Å². The molecule has 0 spiro atoms. The topological polar surface area (TPSA) is 63.7 Å². The number of esters is 1. The van der Waals surface area contributed by atoms with Gasteiger partial charge in [-0.15, -0.1) is 11.3 Å². The van der Waals surface area contributed by atoms with Crippen LogP contribution < -0.4 is 0 Å². The van der Waals surface area contributed by atoms with Crippen molar-refractivity contribution in [2.45, 2.75) is 17.6 Å². The highest BCUT2D eigenvalue weighted by molar-refractivity contribution is 7.91. The van der Waals surface area contributed by atoms with E-state index >= 15 is 0 Å². The van der Waals surface area contributed by atoms with Gasteiger partial charge in [-0.3, -0.25) is 4.79 Å². The minimum Gasteiger partial charge on any atom is -0.468 e. The van der Waals surface area contributed by atoms with E-state index in [0.717, 1.165) is 15.6 Å². The first-order chi connectivity index (χ1) is 8.02. The van der Waals surface area contributed by atoms with Gasteiger partial charge >= 0.3 is 5.97 Å². The molecule has 1 aromatic heterocycles. The van der Waals surface area contributed by atoms with Crippen LogP contribution in [0.4, 0.5) is 0 Å². The zero-order valence-corrected chi connectivity index (χ0v) is 11.4. The summed E-state index contributed by atoms with van der Waals surface area (Å²) >= 11 is 1.14. The highest BCUT2D eigenvalue weighted by Crippen LogP contribution is 2.20. The number of hydrogen-bond acceptors (Lipinski definition) is 5. The molecule has 0 amide bonds. The van der Waals surface area contributed by atoms with Gasteiger partial charge in [-0.05, 0) is 17.9 Å². The van der Waals surface area contributed by atoms with Crippen molar-refractivity contribution in [3.8, 4) is 0 Å². The number of rotatable bonds is 6. The number of carbonyl (C=O) groups excluding carboxylic acids is 1. The Morgan fingerprint density at radius 3 is 2.71 bits per heavy atom. The summed E-state index contributed by atoms with van der Waals surface area (Å²) in [6.45, 7) is 1.91. The molecule has 0 aliphatic carbocycles. The molecule has 0 saturated carbocycles. The lowest BCUT2D eigenvalue weighted by atomic mass is 10.5. The molecule has 1 aromatic rings. The number of methoxy groups -OCH3 is 1. The highest BCUT2D eigenvalue weighted by atomic mass is 32.2. The van der Waals surface area contributed by atoms with Gasteiger partial charge in [-0.2, -0.15) is 4.31 Å². The molecule has 0 saturated heterocycles. The molecule has 0 unspecified atom stereocenters. The van der Waals surface area contributed by atoms with Crippen molar-refractivity contribution in [2.24, 2.45) is 0 Å². The molecule has 0 N–H and O–H groups in total. The van der Waals surface area contributed by atoms with E-state index in [2.05, 4.69) is 4.74 Å². The number of hydrogen-bond donors (Lipinski definition) is 0. The van der Waals surface area contributed by atoms with Crippen LogP contribution in [0.1, 0.15) is 13.3 Å². The van der Waals surface area contributed by atoms with E-state index in [4.69, 9.17) is 0 Å². The normalized spacial score (nSPS) is 11.7. The lowest BCUT2D eigenvalue weighted by molar-refractivity contribution is -0.140. The van der Waals surface area contributed by atoms with Gasteiger partial charge in [0, 0.05) is 6.54 Å². The number of sulfonamides is 1. The minimum absolute atomic E-state index is 0.245. The first kappa shape index (κ1) is 14.1. The number of nitrogens with zero attached hydrogens (tertiary/aromatic N) is 1. The predicted molar refractivity (Wildman–Crippen MR) is 65.4 cm³/mol. The second kappa shape index (κ2) is 6.13. The Kier molecular flexibility index (Phi) is 5.10. The fourth-order valence-corrected chi connectivity index (χ4v) is 3.90. The summed E-state index contributed by atoms with van der Waals surface area (Å²) in [6.07, 6.45) is 0.640. The van der Waals surface area contributed by atoms with Crippen molar-refractivity contribution in [1.29, 1.82) is 0 Å². The Hall–Kier alpha value is -0.920. The quantitative estimate of drug-likeness (QED) is 0.736. The van der Waals surface area contributed by atoms with Crippen LogP contribution in [0.5, 0.6) is 0 Å². The van der Waals surface area contributed by atoms with E-state index < -0.39 is 16.0 Å². The van der Waals surface area contributed by atoms with Crippen molar-refractivity contribution in [1.82, 2.24) is 4.31 Å².